The number of fused-ring (bicyclic) bond motifs is 1. The van der Waals surface area contributed by atoms with Gasteiger partial charge in [0.2, 0.25) is 5.91 Å². The summed E-state index contributed by atoms with van der Waals surface area (Å²) in [5.74, 6) is 2.55. The minimum absolute atomic E-state index is 0.0133. The molecule has 1 aliphatic carbocycles. The van der Waals surface area contributed by atoms with Crippen molar-refractivity contribution < 1.29 is 9.53 Å². The third-order valence-electron chi connectivity index (χ3n) is 8.48. The highest BCUT2D eigenvalue weighted by Crippen LogP contribution is 2.44. The molecule has 0 bridgehead atoms. The summed E-state index contributed by atoms with van der Waals surface area (Å²) in [5.41, 5.74) is 11.2. The molecule has 0 spiro atoms. The molecule has 1 saturated carbocycles. The number of anilines is 1. The van der Waals surface area contributed by atoms with Crippen LogP contribution in [-0.2, 0) is 23.0 Å². The number of nitrogens with one attached hydrogen (secondary N) is 1. The van der Waals surface area contributed by atoms with Gasteiger partial charge in [-0.3, -0.25) is 14.9 Å². The summed E-state index contributed by atoms with van der Waals surface area (Å²) in [7, 11) is 1.93. The number of amidine groups is 1. The highest BCUT2D eigenvalue weighted by Gasteiger charge is 2.37. The van der Waals surface area contributed by atoms with Gasteiger partial charge in [-0.25, -0.2) is 0 Å². The lowest BCUT2D eigenvalue weighted by Gasteiger charge is -2.37. The first-order chi connectivity index (χ1) is 19.2. The zero-order valence-corrected chi connectivity index (χ0v) is 24.9. The van der Waals surface area contributed by atoms with Gasteiger partial charge in [0.05, 0.1) is 6.20 Å². The summed E-state index contributed by atoms with van der Waals surface area (Å²) in [6.07, 6.45) is 10.8. The maximum Gasteiger partial charge on any atom is 0.219 e. The van der Waals surface area contributed by atoms with Crippen LogP contribution in [0.4, 0.5) is 5.69 Å². The molecular formula is C32H48N6O2. The van der Waals surface area contributed by atoms with Crippen LogP contribution in [0.25, 0.3) is 11.1 Å². The molecule has 2 unspecified atom stereocenters. The Labute approximate surface area is 240 Å². The first kappa shape index (κ1) is 30.0. The van der Waals surface area contributed by atoms with Gasteiger partial charge in [-0.15, -0.1) is 0 Å². The standard InChI is InChI=1S/C26H36N6O.C6H12O/c1-17(14-31(19(3)33)10-9-18(2)27)26(28)32-16-23(20-5-6-20)12-22-11-21(7-8-25(22)32)24-13-29-30(4)15-24;1-2-6-3-4-7-5-6/h7-8,11,13,15,18,20,23,28H,1,5-6,9-10,12,14,16,27H2,2-4H3;6H,2-5H2,1H3/t;6-/m.0/s1. The first-order valence-electron chi connectivity index (χ1n) is 14.9. The van der Waals surface area contributed by atoms with Crippen LogP contribution in [-0.4, -0.2) is 65.3 Å². The van der Waals surface area contributed by atoms with E-state index in [9.17, 15) is 4.79 Å². The van der Waals surface area contributed by atoms with E-state index in [1.807, 2.05) is 31.0 Å². The molecule has 2 aliphatic heterocycles. The number of hydrogen-bond acceptors (Lipinski definition) is 5. The average molecular weight is 549 g/mol. The Morgan fingerprint density at radius 1 is 1.27 bits per heavy atom. The summed E-state index contributed by atoms with van der Waals surface area (Å²) in [6.45, 7) is 13.7. The number of hydrogen-bond donors (Lipinski definition) is 2. The summed E-state index contributed by atoms with van der Waals surface area (Å²) in [4.78, 5) is 16.0. The van der Waals surface area contributed by atoms with Crippen LogP contribution in [0.1, 0.15) is 58.4 Å². The van der Waals surface area contributed by atoms with Gasteiger partial charge in [-0.2, -0.15) is 5.10 Å². The van der Waals surface area contributed by atoms with Crippen molar-refractivity contribution in [2.24, 2.45) is 30.5 Å². The van der Waals surface area contributed by atoms with Crippen LogP contribution in [0.5, 0.6) is 0 Å². The maximum atomic E-state index is 12.2. The molecule has 1 aromatic heterocycles. The molecule has 1 amide bonds. The Bertz CT molecular complexity index is 1180. The Morgan fingerprint density at radius 3 is 2.60 bits per heavy atom. The van der Waals surface area contributed by atoms with Gasteiger partial charge in [0.15, 0.2) is 0 Å². The second-order valence-corrected chi connectivity index (χ2v) is 12.0. The minimum atomic E-state index is -0.0133. The number of aryl methyl sites for hydroxylation is 1. The molecule has 2 aromatic rings. The van der Waals surface area contributed by atoms with Gasteiger partial charge in [0, 0.05) is 75.9 Å². The molecule has 3 N–H and O–H groups in total. The van der Waals surface area contributed by atoms with E-state index < -0.39 is 0 Å². The van der Waals surface area contributed by atoms with Crippen LogP contribution in [0, 0.1) is 23.2 Å². The van der Waals surface area contributed by atoms with Crippen molar-refractivity contribution in [1.82, 2.24) is 14.7 Å². The number of nitrogens with two attached hydrogens (primary N) is 1. The SMILES string of the molecule is C=C(CN(CCC(C)N)C(C)=O)C(=N)N1CC(C2CC2)Cc2cc(-c3cnn(C)c3)ccc21.CC[C@H]1CCOC1. The zero-order valence-electron chi connectivity index (χ0n) is 24.9. The number of carbonyl (C=O) groups is 1. The number of rotatable bonds is 9. The fraction of sp³-hybridized carbons (Fsp3) is 0.594. The highest BCUT2D eigenvalue weighted by molar-refractivity contribution is 6.08. The van der Waals surface area contributed by atoms with E-state index in [1.54, 1.807) is 11.8 Å². The fourth-order valence-electron chi connectivity index (χ4n) is 5.65. The second kappa shape index (κ2) is 13.6. The normalized spacial score (nSPS) is 20.8. The van der Waals surface area contributed by atoms with Crippen LogP contribution < -0.4 is 10.6 Å². The number of nitrogens with zero attached hydrogens (tertiary/aromatic N) is 4. The molecule has 3 aliphatic rings. The molecule has 3 heterocycles. The van der Waals surface area contributed by atoms with Crippen molar-refractivity contribution in [3.05, 3.63) is 48.3 Å². The van der Waals surface area contributed by atoms with E-state index in [4.69, 9.17) is 15.9 Å². The van der Waals surface area contributed by atoms with Crippen LogP contribution in [0.3, 0.4) is 0 Å². The van der Waals surface area contributed by atoms with E-state index in [-0.39, 0.29) is 11.9 Å². The lowest BCUT2D eigenvalue weighted by Crippen LogP contribution is -2.43. The molecule has 8 heteroatoms. The number of carbonyl (C=O) groups excluding carboxylic acids is 1. The van der Waals surface area contributed by atoms with Gasteiger partial charge < -0.3 is 20.3 Å². The van der Waals surface area contributed by atoms with Crippen molar-refractivity contribution in [1.29, 1.82) is 5.41 Å². The fourth-order valence-corrected chi connectivity index (χ4v) is 5.65. The minimum Gasteiger partial charge on any atom is -0.381 e. The Hall–Kier alpha value is -2.97. The van der Waals surface area contributed by atoms with Gasteiger partial charge in [0.25, 0.3) is 0 Å². The van der Waals surface area contributed by atoms with E-state index >= 15 is 0 Å². The Kier molecular flexibility index (Phi) is 10.2. The van der Waals surface area contributed by atoms with E-state index in [2.05, 4.69) is 41.7 Å². The van der Waals surface area contributed by atoms with Crippen molar-refractivity contribution in [3.8, 4) is 11.1 Å². The number of aromatic nitrogens is 2. The van der Waals surface area contributed by atoms with E-state index in [0.717, 1.165) is 61.3 Å². The third kappa shape index (κ3) is 7.82. The molecule has 1 aromatic carbocycles. The van der Waals surface area contributed by atoms with Crippen LogP contribution in [0.2, 0.25) is 0 Å². The largest absolute Gasteiger partial charge is 0.381 e. The topological polar surface area (TPSA) is 100 Å². The van der Waals surface area contributed by atoms with E-state index in [1.165, 1.54) is 31.2 Å². The molecule has 0 radical (unpaired) electrons. The molecule has 40 heavy (non-hydrogen) atoms. The van der Waals surface area contributed by atoms with Crippen LogP contribution >= 0.6 is 0 Å². The lowest BCUT2D eigenvalue weighted by atomic mass is 9.87. The van der Waals surface area contributed by atoms with Crippen molar-refractivity contribution in [2.45, 2.75) is 65.3 Å². The second-order valence-electron chi connectivity index (χ2n) is 12.0. The van der Waals surface area contributed by atoms with Crippen LogP contribution in [0.15, 0.2) is 42.7 Å². The van der Waals surface area contributed by atoms with Gasteiger partial charge >= 0.3 is 0 Å². The van der Waals surface area contributed by atoms with E-state index in [0.29, 0.717) is 30.4 Å². The first-order valence-corrected chi connectivity index (χ1v) is 14.9. The summed E-state index contributed by atoms with van der Waals surface area (Å²) in [5, 5.41) is 13.3. The summed E-state index contributed by atoms with van der Waals surface area (Å²) >= 11 is 0. The Balaban J connectivity index is 0.000000461. The smallest absolute Gasteiger partial charge is 0.219 e. The van der Waals surface area contributed by atoms with Gasteiger partial charge in [-0.05, 0) is 80.0 Å². The monoisotopic (exact) mass is 548 g/mol. The zero-order chi connectivity index (χ0) is 28.8. The van der Waals surface area contributed by atoms with Gasteiger partial charge in [0.1, 0.15) is 5.84 Å². The molecule has 1 saturated heterocycles. The molecule has 5 rings (SSSR count). The summed E-state index contributed by atoms with van der Waals surface area (Å²) < 4.78 is 6.97. The highest BCUT2D eigenvalue weighted by atomic mass is 16.5. The third-order valence-corrected chi connectivity index (χ3v) is 8.48. The maximum absolute atomic E-state index is 12.2. The molecule has 218 valence electrons. The lowest BCUT2D eigenvalue weighted by molar-refractivity contribution is -0.128. The Morgan fingerprint density at radius 2 is 2.05 bits per heavy atom. The quantitative estimate of drug-likeness (QED) is 0.338. The van der Waals surface area contributed by atoms with Crippen molar-refractivity contribution in [3.63, 3.8) is 0 Å². The predicted octanol–water partition coefficient (Wildman–Crippen LogP) is 5.03. The average Bonchev–Trinajstić information content (AvgIpc) is 3.47. The number of amides is 1. The molecule has 8 nitrogen and oxygen atoms in total. The van der Waals surface area contributed by atoms with Crippen molar-refractivity contribution >= 4 is 17.4 Å². The predicted molar refractivity (Wildman–Crippen MR) is 163 cm³/mol. The molecular weight excluding hydrogens is 500 g/mol. The number of ether oxygens (including phenoxy) is 1. The number of benzene rings is 1. The molecule has 3 atom stereocenters. The van der Waals surface area contributed by atoms with Gasteiger partial charge in [-0.1, -0.05) is 26.0 Å². The van der Waals surface area contributed by atoms with Crippen molar-refractivity contribution in [2.75, 3.05) is 37.7 Å². The summed E-state index contributed by atoms with van der Waals surface area (Å²) in [6, 6.07) is 6.53. The molecule has 2 fully saturated rings.